The lowest BCUT2D eigenvalue weighted by Crippen LogP contribution is -2.55. The number of rotatable bonds is 12. The average Bonchev–Trinajstić information content (AvgIpc) is 4.05. The predicted octanol–water partition coefficient (Wildman–Crippen LogP) is 7.44. The topological polar surface area (TPSA) is 114 Å². The molecular formula is C48H62ClFN8O4S. The monoisotopic (exact) mass is 900 g/mol. The van der Waals surface area contributed by atoms with Crippen LogP contribution in [0.15, 0.2) is 91.4 Å². The van der Waals surface area contributed by atoms with Gasteiger partial charge < -0.3 is 24.8 Å². The van der Waals surface area contributed by atoms with Gasteiger partial charge in [-0.3, -0.25) is 4.79 Å². The fourth-order valence-electron chi connectivity index (χ4n) is 11.2. The van der Waals surface area contributed by atoms with E-state index in [9.17, 15) is 8.42 Å². The maximum absolute atomic E-state index is 15.3. The maximum Gasteiger partial charge on any atom is 0.282 e. The number of halogens is 2. The Kier molecular flexibility index (Phi) is 13.0. The van der Waals surface area contributed by atoms with E-state index in [2.05, 4.69) is 20.1 Å². The highest BCUT2D eigenvalue weighted by Crippen LogP contribution is 2.45. The van der Waals surface area contributed by atoms with Crippen LogP contribution in [0.25, 0.3) is 0 Å². The largest absolute Gasteiger partial charge is 0.451 e. The summed E-state index contributed by atoms with van der Waals surface area (Å²) in [6.45, 7) is 15.3. The highest BCUT2D eigenvalue weighted by molar-refractivity contribution is 7.86. The van der Waals surface area contributed by atoms with Crippen molar-refractivity contribution < 1.29 is 22.3 Å². The van der Waals surface area contributed by atoms with Crippen LogP contribution in [0.4, 0.5) is 10.2 Å². The average molecular weight is 902 g/mol. The lowest BCUT2D eigenvalue weighted by atomic mass is 9.71. The fourth-order valence-corrected chi connectivity index (χ4v) is 13.0. The van der Waals surface area contributed by atoms with Gasteiger partial charge in [0, 0.05) is 57.9 Å². The standard InChI is InChI=1S/C48H61FN8O4S.ClH/c1-46(2,36-11-7-5-8-12-36)57(47(3,4)37-13-9-6-10-14-37)45(58)41-27-38(49)15-16-42(41)61-43-30-50-34-52-44(43)54-22-17-35(32-54)31-53-23-18-48(19-24-53)20-25-55(26-21-48)62(59,60)56-33-39-28-40(56)29-51-39;/h5-16,27,30,34-35,39-40,51H,17-26,28-29,31-33H2,1-4H3;1H/t35-,39-,40-;/m0./s1. The third kappa shape index (κ3) is 8.96. The van der Waals surface area contributed by atoms with Crippen molar-refractivity contribution in [2.45, 2.75) is 89.4 Å². The summed E-state index contributed by atoms with van der Waals surface area (Å²) in [5, 5.41) is 3.42. The highest BCUT2D eigenvalue weighted by Gasteiger charge is 2.49. The Morgan fingerprint density at radius 3 is 2.11 bits per heavy atom. The van der Waals surface area contributed by atoms with E-state index < -0.39 is 27.1 Å². The third-order valence-corrected chi connectivity index (χ3v) is 16.8. The van der Waals surface area contributed by atoms with Crippen LogP contribution < -0.4 is 15.0 Å². The Balaban J connectivity index is 0.00000544. The van der Waals surface area contributed by atoms with Crippen molar-refractivity contribution in [1.82, 2.24) is 33.7 Å². The number of ether oxygens (including phenoxy) is 1. The molecule has 3 atom stereocenters. The van der Waals surface area contributed by atoms with Crippen LogP contribution in [0.1, 0.15) is 87.7 Å². The zero-order chi connectivity index (χ0) is 43.3. The summed E-state index contributed by atoms with van der Waals surface area (Å²) in [7, 11) is -3.40. The predicted molar refractivity (Wildman–Crippen MR) is 246 cm³/mol. The second kappa shape index (κ2) is 18.0. The Morgan fingerprint density at radius 2 is 1.51 bits per heavy atom. The number of nitrogens with one attached hydrogen (secondary N) is 1. The van der Waals surface area contributed by atoms with Crippen molar-refractivity contribution in [1.29, 1.82) is 0 Å². The van der Waals surface area contributed by atoms with E-state index in [1.165, 1.54) is 24.5 Å². The Labute approximate surface area is 378 Å². The molecular weight excluding hydrogens is 839 g/mol. The molecule has 0 radical (unpaired) electrons. The number of likely N-dealkylation sites (tertiary alicyclic amines) is 1. The van der Waals surface area contributed by atoms with E-state index in [0.29, 0.717) is 43.2 Å². The summed E-state index contributed by atoms with van der Waals surface area (Å²) < 4.78 is 52.4. The molecule has 6 heterocycles. The molecule has 5 saturated heterocycles. The highest BCUT2D eigenvalue weighted by atomic mass is 35.5. The van der Waals surface area contributed by atoms with Crippen molar-refractivity contribution in [3.05, 3.63) is 114 Å². The number of hydrogen-bond acceptors (Lipinski definition) is 9. The number of carbonyl (C=O) groups excluding carboxylic acids is 1. The molecule has 9 rings (SSSR count). The summed E-state index contributed by atoms with van der Waals surface area (Å²) >= 11 is 0. The quantitative estimate of drug-likeness (QED) is 0.155. The first-order valence-corrected chi connectivity index (χ1v) is 23.8. The first kappa shape index (κ1) is 45.4. The molecule has 0 aliphatic carbocycles. The second-order valence-electron chi connectivity index (χ2n) is 19.3. The number of fused-ring (bicyclic) bond motifs is 2. The van der Waals surface area contributed by atoms with Crippen LogP contribution in [0.3, 0.4) is 0 Å². The van der Waals surface area contributed by atoms with Crippen LogP contribution in [-0.4, -0.2) is 114 Å². The summed E-state index contributed by atoms with van der Waals surface area (Å²) in [6, 6.07) is 24.3. The van der Waals surface area contributed by atoms with Crippen LogP contribution in [-0.2, 0) is 21.3 Å². The zero-order valence-corrected chi connectivity index (χ0v) is 38.6. The van der Waals surface area contributed by atoms with Gasteiger partial charge in [0.1, 0.15) is 17.9 Å². The van der Waals surface area contributed by atoms with Gasteiger partial charge >= 0.3 is 0 Å². The number of benzene rings is 3. The van der Waals surface area contributed by atoms with Gasteiger partial charge in [-0.05, 0) is 120 Å². The molecule has 5 fully saturated rings. The van der Waals surface area contributed by atoms with Crippen molar-refractivity contribution in [3.63, 3.8) is 0 Å². The number of nitrogens with zero attached hydrogens (tertiary/aromatic N) is 7. The van der Waals surface area contributed by atoms with Gasteiger partial charge in [0.2, 0.25) is 0 Å². The minimum atomic E-state index is -3.40. The lowest BCUT2D eigenvalue weighted by molar-refractivity contribution is 0.0122. The van der Waals surface area contributed by atoms with Gasteiger partial charge in [-0.1, -0.05) is 60.7 Å². The molecule has 2 bridgehead atoms. The molecule has 15 heteroatoms. The molecule has 3 aromatic carbocycles. The first-order valence-electron chi connectivity index (χ1n) is 22.4. The molecule has 63 heavy (non-hydrogen) atoms. The van der Waals surface area contributed by atoms with Gasteiger partial charge in [0.05, 0.1) is 22.8 Å². The molecule has 0 saturated carbocycles. The smallest absolute Gasteiger partial charge is 0.282 e. The first-order chi connectivity index (χ1) is 29.7. The lowest BCUT2D eigenvalue weighted by Gasteiger charge is -2.49. The second-order valence-corrected chi connectivity index (χ2v) is 21.2. The number of aromatic nitrogens is 2. The van der Waals surface area contributed by atoms with Gasteiger partial charge in [-0.15, -0.1) is 12.4 Å². The fraction of sp³-hybridized carbons (Fsp3) is 0.521. The minimum absolute atomic E-state index is 0. The molecule has 338 valence electrons. The van der Waals surface area contributed by atoms with Crippen LogP contribution in [0.2, 0.25) is 0 Å². The van der Waals surface area contributed by atoms with Gasteiger partial charge in [-0.2, -0.15) is 17.0 Å². The molecule has 12 nitrogen and oxygen atoms in total. The van der Waals surface area contributed by atoms with Crippen LogP contribution in [0.5, 0.6) is 11.5 Å². The summed E-state index contributed by atoms with van der Waals surface area (Å²) in [5.74, 6) is 0.813. The zero-order valence-electron chi connectivity index (χ0n) is 37.0. The Bertz CT molecular complexity index is 2290. The molecule has 5 aliphatic rings. The van der Waals surface area contributed by atoms with Crippen molar-refractivity contribution in [2.24, 2.45) is 11.3 Å². The minimum Gasteiger partial charge on any atom is -0.451 e. The van der Waals surface area contributed by atoms with Gasteiger partial charge in [-0.25, -0.2) is 14.4 Å². The number of hydrogen-bond donors (Lipinski definition) is 1. The Hall–Kier alpha value is -4.18. The molecule has 0 unspecified atom stereocenters. The third-order valence-electron chi connectivity index (χ3n) is 14.8. The van der Waals surface area contributed by atoms with E-state index >= 15 is 9.18 Å². The van der Waals surface area contributed by atoms with E-state index in [1.807, 2.05) is 93.3 Å². The van der Waals surface area contributed by atoms with E-state index in [-0.39, 0.29) is 41.1 Å². The van der Waals surface area contributed by atoms with E-state index in [4.69, 9.17) is 9.72 Å². The summed E-state index contributed by atoms with van der Waals surface area (Å²) in [5.41, 5.74) is 0.589. The number of piperidine rings is 2. The Morgan fingerprint density at radius 1 is 0.873 bits per heavy atom. The van der Waals surface area contributed by atoms with Crippen LogP contribution in [0, 0.1) is 17.2 Å². The molecule has 1 aromatic heterocycles. The molecule has 1 amide bonds. The van der Waals surface area contributed by atoms with Crippen LogP contribution >= 0.6 is 12.4 Å². The van der Waals surface area contributed by atoms with Crippen molar-refractivity contribution >= 4 is 34.3 Å². The van der Waals surface area contributed by atoms with E-state index in [0.717, 1.165) is 88.9 Å². The number of amides is 1. The molecule has 4 aromatic rings. The molecule has 5 aliphatic heterocycles. The number of anilines is 1. The number of piperazine rings is 1. The van der Waals surface area contributed by atoms with Gasteiger partial charge in [0.25, 0.3) is 16.1 Å². The SMILES string of the molecule is CC(C)(c1ccccc1)N(C(=O)c1cc(F)ccc1Oc1cncnc1N1CC[C@@H](CN2CCC3(CC2)CCN(S(=O)(=O)N2C[C@@H]4C[C@H]2CN4)CC3)C1)C(C)(C)c1ccccc1.Cl. The van der Waals surface area contributed by atoms with E-state index in [1.54, 1.807) is 14.8 Å². The summed E-state index contributed by atoms with van der Waals surface area (Å²) in [6.07, 6.45) is 9.14. The summed E-state index contributed by atoms with van der Waals surface area (Å²) in [4.78, 5) is 30.8. The van der Waals surface area contributed by atoms with Crippen molar-refractivity contribution in [3.8, 4) is 11.5 Å². The molecule has 1 N–H and O–H groups in total. The maximum atomic E-state index is 15.3. The van der Waals surface area contributed by atoms with Gasteiger partial charge in [0.15, 0.2) is 11.6 Å². The molecule has 1 spiro atoms. The normalized spacial score (nSPS) is 23.2. The van der Waals surface area contributed by atoms with Crippen molar-refractivity contribution in [2.75, 3.05) is 63.8 Å². The number of carbonyl (C=O) groups is 1.